The monoisotopic (exact) mass is 414 g/mol. The van der Waals surface area contributed by atoms with Crippen LogP contribution in [0.15, 0.2) is 53.4 Å². The molecule has 1 aromatic heterocycles. The number of sulfonamides is 1. The van der Waals surface area contributed by atoms with Gasteiger partial charge in [0.2, 0.25) is 21.8 Å². The zero-order valence-corrected chi connectivity index (χ0v) is 17.2. The molecule has 2 aromatic carbocycles. The van der Waals surface area contributed by atoms with E-state index in [0.717, 1.165) is 16.3 Å². The molecular formula is C19H22N6O3S. The van der Waals surface area contributed by atoms with Gasteiger partial charge in [-0.1, -0.05) is 31.2 Å². The molecule has 0 fully saturated rings. The number of carbonyl (C=O) groups excluding carboxylic acids is 1. The molecule has 0 radical (unpaired) electrons. The van der Waals surface area contributed by atoms with Gasteiger partial charge < -0.3 is 5.32 Å². The van der Waals surface area contributed by atoms with Crippen LogP contribution < -0.4 is 5.32 Å². The lowest BCUT2D eigenvalue weighted by Gasteiger charge is -2.11. The third-order valence-electron chi connectivity index (χ3n) is 4.27. The minimum absolute atomic E-state index is 0.113. The molecule has 0 aliphatic carbocycles. The number of amides is 1. The summed E-state index contributed by atoms with van der Waals surface area (Å²) in [4.78, 5) is 13.6. The summed E-state index contributed by atoms with van der Waals surface area (Å²) < 4.78 is 25.3. The Bertz CT molecular complexity index is 1090. The van der Waals surface area contributed by atoms with Crippen molar-refractivity contribution >= 4 is 21.6 Å². The first-order valence-corrected chi connectivity index (χ1v) is 10.4. The minimum atomic E-state index is -3.51. The number of nitrogens with zero attached hydrogens (tertiary/aromatic N) is 5. The molecule has 3 rings (SSSR count). The number of hydrogen-bond donors (Lipinski definition) is 1. The van der Waals surface area contributed by atoms with Crippen molar-refractivity contribution in [2.24, 2.45) is 0 Å². The van der Waals surface area contributed by atoms with E-state index in [1.807, 2.05) is 24.3 Å². The van der Waals surface area contributed by atoms with Crippen molar-refractivity contribution in [3.8, 4) is 11.4 Å². The molecule has 0 saturated heterocycles. The molecule has 3 aromatic rings. The summed E-state index contributed by atoms with van der Waals surface area (Å²) in [6.07, 6.45) is 0.947. The van der Waals surface area contributed by atoms with Crippen LogP contribution in [0, 0.1) is 0 Å². The molecule has 0 spiro atoms. The first-order valence-electron chi connectivity index (χ1n) is 8.99. The van der Waals surface area contributed by atoms with Crippen LogP contribution in [0.25, 0.3) is 11.4 Å². The Labute approximate surface area is 169 Å². The summed E-state index contributed by atoms with van der Waals surface area (Å²) in [5.41, 5.74) is 2.51. The third-order valence-corrected chi connectivity index (χ3v) is 6.10. The van der Waals surface area contributed by atoms with E-state index in [-0.39, 0.29) is 17.3 Å². The predicted octanol–water partition coefficient (Wildman–Crippen LogP) is 1.79. The van der Waals surface area contributed by atoms with Crippen molar-refractivity contribution in [3.63, 3.8) is 0 Å². The summed E-state index contributed by atoms with van der Waals surface area (Å²) in [6.45, 7) is 1.97. The summed E-state index contributed by atoms with van der Waals surface area (Å²) >= 11 is 0. The Morgan fingerprint density at radius 2 is 1.72 bits per heavy atom. The lowest BCUT2D eigenvalue weighted by molar-refractivity contribution is -0.117. The van der Waals surface area contributed by atoms with Crippen molar-refractivity contribution in [1.82, 2.24) is 24.5 Å². The van der Waals surface area contributed by atoms with Crippen LogP contribution >= 0.6 is 0 Å². The number of rotatable bonds is 7. The maximum Gasteiger partial charge on any atom is 0.248 e. The SMILES string of the molecule is CCc1ccc(-c2nnn(CC(=O)Nc3ccc(S(=O)(=O)N(C)C)cc3)n2)cc1. The van der Waals surface area contributed by atoms with Gasteiger partial charge in [-0.3, -0.25) is 4.79 Å². The number of nitrogens with one attached hydrogen (secondary N) is 1. The summed E-state index contributed by atoms with van der Waals surface area (Å²) in [7, 11) is -0.589. The fourth-order valence-electron chi connectivity index (χ4n) is 2.57. The van der Waals surface area contributed by atoms with Gasteiger partial charge in [0, 0.05) is 25.3 Å². The zero-order valence-electron chi connectivity index (χ0n) is 16.4. The van der Waals surface area contributed by atoms with Crippen LogP contribution in [0.4, 0.5) is 5.69 Å². The molecule has 0 unspecified atom stereocenters. The second-order valence-electron chi connectivity index (χ2n) is 6.55. The van der Waals surface area contributed by atoms with Gasteiger partial charge in [-0.25, -0.2) is 12.7 Å². The number of hydrogen-bond acceptors (Lipinski definition) is 6. The molecule has 0 aliphatic rings. The molecule has 9 nitrogen and oxygen atoms in total. The molecule has 0 bridgehead atoms. The number of aryl methyl sites for hydroxylation is 1. The Hall–Kier alpha value is -3.11. The van der Waals surface area contributed by atoms with Crippen LogP contribution in [0.5, 0.6) is 0 Å². The van der Waals surface area contributed by atoms with E-state index in [1.54, 1.807) is 0 Å². The normalized spacial score (nSPS) is 11.6. The van der Waals surface area contributed by atoms with E-state index in [2.05, 4.69) is 27.7 Å². The van der Waals surface area contributed by atoms with Crippen LogP contribution in [0.3, 0.4) is 0 Å². The lowest BCUT2D eigenvalue weighted by atomic mass is 10.1. The van der Waals surface area contributed by atoms with E-state index in [9.17, 15) is 13.2 Å². The Morgan fingerprint density at radius 3 is 2.31 bits per heavy atom. The summed E-state index contributed by atoms with van der Waals surface area (Å²) in [6, 6.07) is 13.8. The van der Waals surface area contributed by atoms with Crippen LogP contribution in [0.1, 0.15) is 12.5 Å². The molecule has 1 amide bonds. The Kier molecular flexibility index (Phi) is 6.04. The molecule has 0 aliphatic heterocycles. The van der Waals surface area contributed by atoms with Crippen LogP contribution in [0.2, 0.25) is 0 Å². The Morgan fingerprint density at radius 1 is 1.07 bits per heavy atom. The first kappa shape index (κ1) is 20.6. The minimum Gasteiger partial charge on any atom is -0.324 e. The maximum atomic E-state index is 12.2. The fourth-order valence-corrected chi connectivity index (χ4v) is 3.47. The molecule has 0 saturated carbocycles. The number of carbonyl (C=O) groups is 1. The van der Waals surface area contributed by atoms with Crippen molar-refractivity contribution in [3.05, 3.63) is 54.1 Å². The van der Waals surface area contributed by atoms with E-state index >= 15 is 0 Å². The molecule has 1 N–H and O–H groups in total. The number of tetrazole rings is 1. The molecule has 10 heteroatoms. The highest BCUT2D eigenvalue weighted by Crippen LogP contribution is 2.17. The van der Waals surface area contributed by atoms with Crippen molar-refractivity contribution in [1.29, 1.82) is 0 Å². The highest BCUT2D eigenvalue weighted by Gasteiger charge is 2.17. The van der Waals surface area contributed by atoms with Crippen LogP contribution in [-0.2, 0) is 27.8 Å². The molecular weight excluding hydrogens is 392 g/mol. The molecule has 0 atom stereocenters. The molecule has 29 heavy (non-hydrogen) atoms. The van der Waals surface area contributed by atoms with E-state index in [0.29, 0.717) is 11.5 Å². The van der Waals surface area contributed by atoms with E-state index in [4.69, 9.17) is 0 Å². The highest BCUT2D eigenvalue weighted by molar-refractivity contribution is 7.89. The lowest BCUT2D eigenvalue weighted by Crippen LogP contribution is -2.22. The smallest absolute Gasteiger partial charge is 0.248 e. The standard InChI is InChI=1S/C19H22N6O3S/c1-4-14-5-7-15(8-6-14)19-21-23-25(22-19)13-18(26)20-16-9-11-17(12-10-16)29(27,28)24(2)3/h5-12H,4,13H2,1-3H3,(H,20,26). The van der Waals surface area contributed by atoms with Gasteiger partial charge in [0.25, 0.3) is 0 Å². The summed E-state index contributed by atoms with van der Waals surface area (Å²) in [5.74, 6) is 0.0946. The highest BCUT2D eigenvalue weighted by atomic mass is 32.2. The number of benzene rings is 2. The van der Waals surface area contributed by atoms with Gasteiger partial charge in [-0.15, -0.1) is 10.2 Å². The first-order chi connectivity index (χ1) is 13.8. The topological polar surface area (TPSA) is 110 Å². The Balaban J connectivity index is 1.63. The third kappa shape index (κ3) is 4.84. The fraction of sp³-hybridized carbons (Fsp3) is 0.263. The molecule has 1 heterocycles. The quantitative estimate of drug-likeness (QED) is 0.631. The van der Waals surface area contributed by atoms with Gasteiger partial charge >= 0.3 is 0 Å². The second-order valence-corrected chi connectivity index (χ2v) is 8.71. The van der Waals surface area contributed by atoms with Gasteiger partial charge in [0.1, 0.15) is 6.54 Å². The van der Waals surface area contributed by atoms with Crippen molar-refractivity contribution in [2.75, 3.05) is 19.4 Å². The van der Waals surface area contributed by atoms with E-state index < -0.39 is 10.0 Å². The molecule has 152 valence electrons. The maximum absolute atomic E-state index is 12.2. The van der Waals surface area contributed by atoms with Gasteiger partial charge in [0.05, 0.1) is 4.90 Å². The van der Waals surface area contributed by atoms with Gasteiger partial charge in [-0.2, -0.15) is 4.80 Å². The van der Waals surface area contributed by atoms with Gasteiger partial charge in [-0.05, 0) is 41.5 Å². The summed E-state index contributed by atoms with van der Waals surface area (Å²) in [5, 5.41) is 14.8. The van der Waals surface area contributed by atoms with E-state index in [1.165, 1.54) is 48.7 Å². The average Bonchev–Trinajstić information content (AvgIpc) is 3.16. The number of aromatic nitrogens is 4. The average molecular weight is 414 g/mol. The number of anilines is 1. The predicted molar refractivity (Wildman–Crippen MR) is 109 cm³/mol. The second kappa shape index (κ2) is 8.50. The van der Waals surface area contributed by atoms with Crippen molar-refractivity contribution < 1.29 is 13.2 Å². The van der Waals surface area contributed by atoms with Crippen LogP contribution in [-0.4, -0.2) is 52.9 Å². The largest absolute Gasteiger partial charge is 0.324 e. The zero-order chi connectivity index (χ0) is 21.0. The van der Waals surface area contributed by atoms with Crippen molar-refractivity contribution in [2.45, 2.75) is 24.8 Å². The van der Waals surface area contributed by atoms with Gasteiger partial charge in [0.15, 0.2) is 0 Å².